The van der Waals surface area contributed by atoms with Crippen molar-refractivity contribution in [3.63, 3.8) is 0 Å². The van der Waals surface area contributed by atoms with Crippen molar-refractivity contribution < 1.29 is 22.7 Å². The van der Waals surface area contributed by atoms with Crippen LogP contribution in [0.25, 0.3) is 0 Å². The lowest BCUT2D eigenvalue weighted by molar-refractivity contribution is -0.173. The SMILES string of the molecule is COc1ccccc1[C@@H]1C[C@H](C(F)(F)F)n2nc(C(=O)NCC34CC5CC(CC(C5)C3)C4)c(Cl)c2N1. The average Bonchev–Trinajstić information content (AvgIpc) is 3.17. The third kappa shape index (κ3) is 4.03. The summed E-state index contributed by atoms with van der Waals surface area (Å²) >= 11 is 6.53. The number of hydrogen-bond donors (Lipinski definition) is 2. The van der Waals surface area contributed by atoms with E-state index in [0.29, 0.717) is 17.9 Å². The minimum atomic E-state index is -4.57. The van der Waals surface area contributed by atoms with Gasteiger partial charge in [-0.25, -0.2) is 4.68 Å². The monoisotopic (exact) mass is 522 g/mol. The molecule has 0 spiro atoms. The number of fused-ring (bicyclic) bond motifs is 1. The topological polar surface area (TPSA) is 68.2 Å². The van der Waals surface area contributed by atoms with E-state index in [2.05, 4.69) is 15.7 Å². The highest BCUT2D eigenvalue weighted by Crippen LogP contribution is 2.59. The van der Waals surface area contributed by atoms with Crippen molar-refractivity contribution in [3.05, 3.63) is 40.5 Å². The largest absolute Gasteiger partial charge is 0.496 e. The van der Waals surface area contributed by atoms with Crippen LogP contribution < -0.4 is 15.4 Å². The fourth-order valence-electron chi connectivity index (χ4n) is 7.75. The maximum atomic E-state index is 14.1. The molecule has 36 heavy (non-hydrogen) atoms. The van der Waals surface area contributed by atoms with E-state index in [1.165, 1.54) is 26.4 Å². The van der Waals surface area contributed by atoms with Gasteiger partial charge in [0.25, 0.3) is 5.91 Å². The van der Waals surface area contributed by atoms with Crippen molar-refractivity contribution in [1.29, 1.82) is 0 Å². The van der Waals surface area contributed by atoms with Gasteiger partial charge < -0.3 is 15.4 Å². The van der Waals surface area contributed by atoms with Crippen LogP contribution in [0.5, 0.6) is 5.75 Å². The Bertz CT molecular complexity index is 1150. The first-order valence-electron chi connectivity index (χ1n) is 12.7. The van der Waals surface area contributed by atoms with E-state index in [-0.39, 0.29) is 28.4 Å². The fraction of sp³-hybridized carbons (Fsp3) is 0.615. The summed E-state index contributed by atoms with van der Waals surface area (Å²) < 4.78 is 48.6. The lowest BCUT2D eigenvalue weighted by Gasteiger charge is -2.56. The Balaban J connectivity index is 1.26. The molecule has 4 saturated carbocycles. The molecule has 194 valence electrons. The van der Waals surface area contributed by atoms with E-state index in [4.69, 9.17) is 16.3 Å². The van der Waals surface area contributed by atoms with Gasteiger partial charge in [0.05, 0.1) is 13.2 Å². The van der Waals surface area contributed by atoms with Crippen molar-refractivity contribution >= 4 is 23.3 Å². The number of nitrogens with zero attached hydrogens (tertiary/aromatic N) is 2. The van der Waals surface area contributed by atoms with E-state index in [1.807, 2.05) is 0 Å². The normalized spacial score (nSPS) is 32.6. The van der Waals surface area contributed by atoms with Crippen LogP contribution in [0.15, 0.2) is 24.3 Å². The molecule has 7 rings (SSSR count). The summed E-state index contributed by atoms with van der Waals surface area (Å²) in [6.07, 6.45) is 2.36. The van der Waals surface area contributed by atoms with Crippen LogP contribution in [0, 0.1) is 23.2 Å². The number of ether oxygens (including phenoxy) is 1. The summed E-state index contributed by atoms with van der Waals surface area (Å²) in [4.78, 5) is 13.2. The number of halogens is 4. The molecule has 10 heteroatoms. The van der Waals surface area contributed by atoms with Crippen molar-refractivity contribution in [2.24, 2.45) is 23.2 Å². The number of rotatable bonds is 5. The van der Waals surface area contributed by atoms with E-state index in [9.17, 15) is 18.0 Å². The molecule has 0 unspecified atom stereocenters. The number of methoxy groups -OCH3 is 1. The first kappa shape index (κ1) is 23.9. The summed E-state index contributed by atoms with van der Waals surface area (Å²) in [6, 6.07) is 4.30. The van der Waals surface area contributed by atoms with Crippen molar-refractivity contribution in [1.82, 2.24) is 15.1 Å². The molecule has 2 heterocycles. The lowest BCUT2D eigenvalue weighted by Crippen LogP contribution is -2.51. The smallest absolute Gasteiger partial charge is 0.410 e. The van der Waals surface area contributed by atoms with Gasteiger partial charge in [-0.15, -0.1) is 0 Å². The molecule has 6 nitrogen and oxygen atoms in total. The number of alkyl halides is 3. The summed E-state index contributed by atoms with van der Waals surface area (Å²) in [6.45, 7) is 0.522. The van der Waals surface area contributed by atoms with Crippen LogP contribution in [0.2, 0.25) is 5.02 Å². The predicted octanol–water partition coefficient (Wildman–Crippen LogP) is 6.15. The molecule has 2 N–H and O–H groups in total. The zero-order chi connectivity index (χ0) is 25.2. The number of anilines is 1. The zero-order valence-corrected chi connectivity index (χ0v) is 20.8. The van der Waals surface area contributed by atoms with E-state index >= 15 is 0 Å². The Hall–Kier alpha value is -2.42. The third-order valence-electron chi connectivity index (χ3n) is 8.81. The Morgan fingerprint density at radius 2 is 1.81 bits per heavy atom. The number of benzene rings is 1. The van der Waals surface area contributed by atoms with Crippen molar-refractivity contribution in [2.45, 2.75) is 63.2 Å². The van der Waals surface area contributed by atoms with Crippen LogP contribution in [0.4, 0.5) is 19.0 Å². The van der Waals surface area contributed by atoms with Gasteiger partial charge in [0.15, 0.2) is 11.7 Å². The van der Waals surface area contributed by atoms with Crippen molar-refractivity contribution in [3.8, 4) is 5.75 Å². The molecule has 4 bridgehead atoms. The van der Waals surface area contributed by atoms with Gasteiger partial charge in [0.1, 0.15) is 16.6 Å². The highest BCUT2D eigenvalue weighted by molar-refractivity contribution is 6.36. The Morgan fingerprint density at radius 1 is 1.17 bits per heavy atom. The number of amides is 1. The number of nitrogens with one attached hydrogen (secondary N) is 2. The van der Waals surface area contributed by atoms with Gasteiger partial charge in [-0.2, -0.15) is 18.3 Å². The molecular formula is C26H30ClF3N4O2. The third-order valence-corrected chi connectivity index (χ3v) is 9.17. The lowest BCUT2D eigenvalue weighted by atomic mass is 9.49. The highest BCUT2D eigenvalue weighted by atomic mass is 35.5. The van der Waals surface area contributed by atoms with Crippen LogP contribution >= 0.6 is 11.6 Å². The molecular weight excluding hydrogens is 493 g/mol. The second-order valence-corrected chi connectivity index (χ2v) is 11.7. The highest BCUT2D eigenvalue weighted by Gasteiger charge is 2.51. The molecule has 0 radical (unpaired) electrons. The van der Waals surface area contributed by atoms with E-state index in [1.54, 1.807) is 24.3 Å². The minimum absolute atomic E-state index is 0.00102. The Kier molecular flexibility index (Phi) is 5.70. The number of para-hydroxylation sites is 1. The average molecular weight is 523 g/mol. The second kappa shape index (κ2) is 8.57. The molecule has 1 aromatic heterocycles. The van der Waals surface area contributed by atoms with Crippen LogP contribution in [-0.4, -0.2) is 35.5 Å². The van der Waals surface area contributed by atoms with Crippen LogP contribution in [-0.2, 0) is 0 Å². The predicted molar refractivity (Wildman–Crippen MR) is 129 cm³/mol. The first-order valence-corrected chi connectivity index (χ1v) is 13.1. The first-order chi connectivity index (χ1) is 17.2. The van der Waals surface area contributed by atoms with Gasteiger partial charge in [-0.1, -0.05) is 29.8 Å². The van der Waals surface area contributed by atoms with Crippen LogP contribution in [0.1, 0.15) is 73.1 Å². The number of hydrogen-bond acceptors (Lipinski definition) is 4. The van der Waals surface area contributed by atoms with E-state index in [0.717, 1.165) is 41.7 Å². The van der Waals surface area contributed by atoms with Gasteiger partial charge in [-0.3, -0.25) is 4.79 Å². The Labute approximate surface area is 212 Å². The maximum absolute atomic E-state index is 14.1. The molecule has 5 aliphatic rings. The maximum Gasteiger partial charge on any atom is 0.410 e. The molecule has 4 aliphatic carbocycles. The molecule has 1 amide bonds. The Morgan fingerprint density at radius 3 is 2.42 bits per heavy atom. The van der Waals surface area contributed by atoms with Gasteiger partial charge in [-0.05, 0) is 67.8 Å². The summed E-state index contributed by atoms with van der Waals surface area (Å²) in [5.74, 6) is 2.17. The van der Waals surface area contributed by atoms with Crippen molar-refractivity contribution in [2.75, 3.05) is 19.0 Å². The minimum Gasteiger partial charge on any atom is -0.496 e. The summed E-state index contributed by atoms with van der Waals surface area (Å²) in [5.41, 5.74) is 0.516. The molecule has 4 fully saturated rings. The number of carbonyl (C=O) groups excluding carboxylic acids is 1. The van der Waals surface area contributed by atoms with E-state index < -0.39 is 24.2 Å². The molecule has 2 atom stereocenters. The van der Waals surface area contributed by atoms with Gasteiger partial charge in [0, 0.05) is 18.5 Å². The molecule has 2 aromatic rings. The zero-order valence-electron chi connectivity index (χ0n) is 20.1. The second-order valence-electron chi connectivity index (χ2n) is 11.3. The summed E-state index contributed by atoms with van der Waals surface area (Å²) in [7, 11) is 1.48. The summed E-state index contributed by atoms with van der Waals surface area (Å²) in [5, 5.41) is 10.1. The molecule has 1 aromatic carbocycles. The molecule has 1 aliphatic heterocycles. The van der Waals surface area contributed by atoms with Gasteiger partial charge in [0.2, 0.25) is 0 Å². The molecule has 0 saturated heterocycles. The number of aromatic nitrogens is 2. The van der Waals surface area contributed by atoms with Crippen LogP contribution in [0.3, 0.4) is 0 Å². The quantitative estimate of drug-likeness (QED) is 0.494. The standard InChI is InChI=1S/C26H30ClF3N4O2/c1-36-19-5-3-2-4-17(19)18-9-20(26(28,29)30)34-23(32-18)21(27)22(33-34)24(35)31-13-25-10-14-6-15(11-25)8-16(7-14)12-25/h2-5,14-16,18,20,32H,6-13H2,1H3,(H,31,35)/t14?,15?,16?,18-,20+,25?/m0/s1. The number of carbonyl (C=O) groups is 1. The fourth-order valence-corrected chi connectivity index (χ4v) is 8.02. The van der Waals surface area contributed by atoms with Gasteiger partial charge >= 0.3 is 6.18 Å².